The largest absolute Gasteiger partial charge is 0.497 e. The Balaban J connectivity index is 1.44. The van der Waals surface area contributed by atoms with Crippen LogP contribution in [-0.2, 0) is 24.2 Å². The third-order valence-corrected chi connectivity index (χ3v) is 7.30. The second-order valence-corrected chi connectivity index (χ2v) is 9.31. The SMILES string of the molecule is COc1ccc(CNC(=O)[C@H](C)Sc2ncnc3sc4c(c23)CCCC4)cc1. The van der Waals surface area contributed by atoms with Crippen molar-refractivity contribution in [2.24, 2.45) is 0 Å². The summed E-state index contributed by atoms with van der Waals surface area (Å²) >= 11 is 3.31. The first-order valence-electron chi connectivity index (χ1n) is 9.48. The Bertz CT molecular complexity index is 985. The van der Waals surface area contributed by atoms with Crippen molar-refractivity contribution in [3.63, 3.8) is 0 Å². The van der Waals surface area contributed by atoms with E-state index in [1.807, 2.05) is 31.2 Å². The van der Waals surface area contributed by atoms with Crippen molar-refractivity contribution in [3.05, 3.63) is 46.6 Å². The number of aryl methyl sites for hydroxylation is 2. The molecule has 0 bridgehead atoms. The summed E-state index contributed by atoms with van der Waals surface area (Å²) in [5.41, 5.74) is 2.45. The van der Waals surface area contributed by atoms with Gasteiger partial charge in [-0.25, -0.2) is 9.97 Å². The number of hydrogen-bond donors (Lipinski definition) is 1. The van der Waals surface area contributed by atoms with Gasteiger partial charge in [0.25, 0.3) is 0 Å². The summed E-state index contributed by atoms with van der Waals surface area (Å²) in [7, 11) is 1.64. The molecule has 0 aliphatic heterocycles. The topological polar surface area (TPSA) is 64.1 Å². The lowest BCUT2D eigenvalue weighted by Gasteiger charge is -2.14. The second-order valence-electron chi connectivity index (χ2n) is 6.90. The van der Waals surface area contributed by atoms with Gasteiger partial charge in [-0.15, -0.1) is 11.3 Å². The molecular weight excluding hydrogens is 390 g/mol. The minimum absolute atomic E-state index is 0.0108. The first-order chi connectivity index (χ1) is 13.7. The van der Waals surface area contributed by atoms with E-state index in [1.165, 1.54) is 40.4 Å². The molecule has 2 heterocycles. The van der Waals surface area contributed by atoms with Crippen LogP contribution in [0.4, 0.5) is 0 Å². The average Bonchev–Trinajstić information content (AvgIpc) is 3.12. The minimum Gasteiger partial charge on any atom is -0.497 e. The number of methoxy groups -OCH3 is 1. The molecule has 3 aromatic rings. The van der Waals surface area contributed by atoms with Crippen LogP contribution in [0.15, 0.2) is 35.6 Å². The van der Waals surface area contributed by atoms with E-state index in [4.69, 9.17) is 4.74 Å². The van der Waals surface area contributed by atoms with E-state index < -0.39 is 0 Å². The van der Waals surface area contributed by atoms with Gasteiger partial charge in [0, 0.05) is 16.8 Å². The van der Waals surface area contributed by atoms with Gasteiger partial charge in [0.15, 0.2) is 0 Å². The molecule has 0 saturated heterocycles. The first kappa shape index (κ1) is 19.2. The molecule has 0 radical (unpaired) electrons. The summed E-state index contributed by atoms with van der Waals surface area (Å²) in [5, 5.41) is 4.89. The highest BCUT2D eigenvalue weighted by atomic mass is 32.2. The highest BCUT2D eigenvalue weighted by Crippen LogP contribution is 2.40. The lowest BCUT2D eigenvalue weighted by atomic mass is 9.97. The number of benzene rings is 1. The van der Waals surface area contributed by atoms with Crippen molar-refractivity contribution in [2.75, 3.05) is 7.11 Å². The van der Waals surface area contributed by atoms with Crippen LogP contribution in [0.2, 0.25) is 0 Å². The summed E-state index contributed by atoms with van der Waals surface area (Å²) in [6.45, 7) is 2.43. The van der Waals surface area contributed by atoms with Gasteiger partial charge in [-0.1, -0.05) is 23.9 Å². The highest BCUT2D eigenvalue weighted by molar-refractivity contribution is 8.00. The molecule has 1 aromatic carbocycles. The fraction of sp³-hybridized carbons (Fsp3) is 0.381. The standard InChI is InChI=1S/C21H23N3O2S2/c1-13(19(25)22-11-14-7-9-15(26-2)10-8-14)27-20-18-16-5-3-4-6-17(16)28-21(18)24-12-23-20/h7-10,12-13H,3-6,11H2,1-2H3,(H,22,25)/t13-/m0/s1. The van der Waals surface area contributed by atoms with E-state index in [0.29, 0.717) is 6.54 Å². The molecule has 0 unspecified atom stereocenters. The summed E-state index contributed by atoms with van der Waals surface area (Å²) < 4.78 is 5.17. The van der Waals surface area contributed by atoms with E-state index >= 15 is 0 Å². The maximum Gasteiger partial charge on any atom is 0.233 e. The predicted octanol–water partition coefficient (Wildman–Crippen LogP) is 4.38. The van der Waals surface area contributed by atoms with Crippen LogP contribution in [-0.4, -0.2) is 28.2 Å². The molecular formula is C21H23N3O2S2. The van der Waals surface area contributed by atoms with E-state index in [0.717, 1.165) is 34.0 Å². The second kappa shape index (κ2) is 8.49. The predicted molar refractivity (Wildman–Crippen MR) is 114 cm³/mol. The number of amides is 1. The summed E-state index contributed by atoms with van der Waals surface area (Å²) in [4.78, 5) is 24.1. The number of ether oxygens (including phenoxy) is 1. The zero-order valence-corrected chi connectivity index (χ0v) is 17.7. The zero-order chi connectivity index (χ0) is 19.5. The van der Waals surface area contributed by atoms with Gasteiger partial charge in [0.05, 0.1) is 12.4 Å². The Hall–Kier alpha value is -2.12. The van der Waals surface area contributed by atoms with Crippen molar-refractivity contribution < 1.29 is 9.53 Å². The van der Waals surface area contributed by atoms with Gasteiger partial charge in [-0.2, -0.15) is 0 Å². The monoisotopic (exact) mass is 413 g/mol. The van der Waals surface area contributed by atoms with E-state index in [-0.39, 0.29) is 11.2 Å². The van der Waals surface area contributed by atoms with Crippen LogP contribution in [0.1, 0.15) is 35.8 Å². The van der Waals surface area contributed by atoms with Crippen LogP contribution in [0.3, 0.4) is 0 Å². The van der Waals surface area contributed by atoms with Crippen LogP contribution in [0, 0.1) is 0 Å². The van der Waals surface area contributed by atoms with Crippen molar-refractivity contribution >= 4 is 39.2 Å². The summed E-state index contributed by atoms with van der Waals surface area (Å²) in [5.74, 6) is 0.822. The first-order valence-corrected chi connectivity index (χ1v) is 11.2. The molecule has 7 heteroatoms. The number of carbonyl (C=O) groups excluding carboxylic acids is 1. The molecule has 1 aliphatic carbocycles. The Morgan fingerprint density at radius 2 is 2.04 bits per heavy atom. The fourth-order valence-corrected chi connectivity index (χ4v) is 5.71. The molecule has 1 aliphatic rings. The number of thioether (sulfide) groups is 1. The maximum atomic E-state index is 12.6. The smallest absolute Gasteiger partial charge is 0.233 e. The van der Waals surface area contributed by atoms with E-state index in [1.54, 1.807) is 24.8 Å². The number of nitrogens with one attached hydrogen (secondary N) is 1. The summed E-state index contributed by atoms with van der Waals surface area (Å²) in [6.07, 6.45) is 6.32. The molecule has 0 spiro atoms. The molecule has 0 saturated carbocycles. The lowest BCUT2D eigenvalue weighted by molar-refractivity contribution is -0.120. The Morgan fingerprint density at radius 1 is 1.25 bits per heavy atom. The number of hydrogen-bond acceptors (Lipinski definition) is 6. The van der Waals surface area contributed by atoms with Crippen LogP contribution < -0.4 is 10.1 Å². The number of nitrogens with zero attached hydrogens (tertiary/aromatic N) is 2. The number of rotatable bonds is 6. The maximum absolute atomic E-state index is 12.6. The van der Waals surface area contributed by atoms with Gasteiger partial charge < -0.3 is 10.1 Å². The van der Waals surface area contributed by atoms with Crippen molar-refractivity contribution in [2.45, 2.75) is 49.4 Å². The Labute approximate surface area is 172 Å². The number of aromatic nitrogens is 2. The quantitative estimate of drug-likeness (QED) is 0.480. The number of carbonyl (C=O) groups is 1. The Kier molecular flexibility index (Phi) is 5.82. The third kappa shape index (κ3) is 4.00. The molecule has 1 amide bonds. The number of fused-ring (bicyclic) bond motifs is 3. The van der Waals surface area contributed by atoms with Crippen LogP contribution in [0.5, 0.6) is 5.75 Å². The van der Waals surface area contributed by atoms with Crippen molar-refractivity contribution in [1.29, 1.82) is 0 Å². The minimum atomic E-state index is -0.226. The fourth-order valence-electron chi connectivity index (χ4n) is 3.45. The zero-order valence-electron chi connectivity index (χ0n) is 16.0. The van der Waals surface area contributed by atoms with Gasteiger partial charge in [-0.3, -0.25) is 4.79 Å². The Morgan fingerprint density at radius 3 is 2.82 bits per heavy atom. The third-order valence-electron chi connectivity index (χ3n) is 5.00. The van der Waals surface area contributed by atoms with Gasteiger partial charge in [0.2, 0.25) is 5.91 Å². The average molecular weight is 414 g/mol. The highest BCUT2D eigenvalue weighted by Gasteiger charge is 2.22. The van der Waals surface area contributed by atoms with E-state index in [9.17, 15) is 4.79 Å². The van der Waals surface area contributed by atoms with Gasteiger partial charge in [0.1, 0.15) is 21.9 Å². The van der Waals surface area contributed by atoms with Crippen molar-refractivity contribution in [3.8, 4) is 5.75 Å². The van der Waals surface area contributed by atoms with Gasteiger partial charge in [-0.05, 0) is 55.9 Å². The van der Waals surface area contributed by atoms with Crippen LogP contribution in [0.25, 0.3) is 10.2 Å². The lowest BCUT2D eigenvalue weighted by Crippen LogP contribution is -2.30. The summed E-state index contributed by atoms with van der Waals surface area (Å²) in [6, 6.07) is 7.72. The molecule has 4 rings (SSSR count). The van der Waals surface area contributed by atoms with Crippen LogP contribution >= 0.6 is 23.1 Å². The molecule has 1 atom stereocenters. The normalized spacial score (nSPS) is 14.5. The molecule has 1 N–H and O–H groups in total. The molecule has 146 valence electrons. The van der Waals surface area contributed by atoms with E-state index in [2.05, 4.69) is 15.3 Å². The molecule has 0 fully saturated rings. The number of thiophene rings is 1. The molecule has 28 heavy (non-hydrogen) atoms. The molecule has 2 aromatic heterocycles. The van der Waals surface area contributed by atoms with Crippen molar-refractivity contribution in [1.82, 2.24) is 15.3 Å². The van der Waals surface area contributed by atoms with Gasteiger partial charge >= 0.3 is 0 Å². The molecule has 5 nitrogen and oxygen atoms in total.